The van der Waals surface area contributed by atoms with Crippen molar-refractivity contribution in [1.82, 2.24) is 5.32 Å². The summed E-state index contributed by atoms with van der Waals surface area (Å²) in [6.07, 6.45) is 2.08. The molecule has 2 aromatic rings. The van der Waals surface area contributed by atoms with Gasteiger partial charge in [-0.25, -0.2) is 0 Å². The second kappa shape index (κ2) is 7.90. The number of nitro benzene ring substituents is 1. The Hall–Kier alpha value is -1.72. The molecule has 2 aromatic carbocycles. The number of aryl methyl sites for hydroxylation is 1. The second-order valence-corrected chi connectivity index (χ2v) is 5.76. The summed E-state index contributed by atoms with van der Waals surface area (Å²) >= 11 is 3.30. The van der Waals surface area contributed by atoms with E-state index in [1.54, 1.807) is 6.07 Å². The van der Waals surface area contributed by atoms with E-state index in [1.165, 1.54) is 11.6 Å². The van der Waals surface area contributed by atoms with Gasteiger partial charge in [0.15, 0.2) is 0 Å². The van der Waals surface area contributed by atoms with Crippen LogP contribution >= 0.6 is 15.9 Å². The molecule has 0 atom stereocenters. The fourth-order valence-electron chi connectivity index (χ4n) is 2.14. The Morgan fingerprint density at radius 1 is 1.10 bits per heavy atom. The first kappa shape index (κ1) is 15.7. The van der Waals surface area contributed by atoms with Crippen molar-refractivity contribution >= 4 is 21.6 Å². The van der Waals surface area contributed by atoms with E-state index in [1.807, 2.05) is 24.3 Å². The number of nitro groups is 1. The Kier molecular flexibility index (Phi) is 5.90. The van der Waals surface area contributed by atoms with Crippen molar-refractivity contribution in [2.75, 3.05) is 6.54 Å². The molecule has 0 unspecified atom stereocenters. The Bertz CT molecular complexity index is 602. The van der Waals surface area contributed by atoms with E-state index >= 15 is 0 Å². The van der Waals surface area contributed by atoms with Crippen molar-refractivity contribution in [1.29, 1.82) is 0 Å². The van der Waals surface area contributed by atoms with Gasteiger partial charge in [0.05, 0.1) is 4.92 Å². The molecule has 0 radical (unpaired) electrons. The monoisotopic (exact) mass is 348 g/mol. The lowest BCUT2D eigenvalue weighted by atomic mass is 10.1. The Balaban J connectivity index is 1.77. The predicted molar refractivity (Wildman–Crippen MR) is 87.3 cm³/mol. The van der Waals surface area contributed by atoms with Crippen LogP contribution in [0, 0.1) is 10.1 Å². The quantitative estimate of drug-likeness (QED) is 0.466. The molecule has 0 spiro atoms. The third kappa shape index (κ3) is 5.28. The third-order valence-electron chi connectivity index (χ3n) is 3.14. The zero-order valence-corrected chi connectivity index (χ0v) is 13.2. The first-order valence-electron chi connectivity index (χ1n) is 6.83. The van der Waals surface area contributed by atoms with Gasteiger partial charge in [0.1, 0.15) is 0 Å². The average Bonchev–Trinajstić information content (AvgIpc) is 2.47. The number of nitrogens with zero attached hydrogens (tertiary/aromatic N) is 1. The lowest BCUT2D eigenvalue weighted by Gasteiger charge is -2.06. The Labute approximate surface area is 132 Å². The van der Waals surface area contributed by atoms with Crippen LogP contribution in [-0.2, 0) is 13.0 Å². The molecule has 0 aromatic heterocycles. The molecule has 4 nitrogen and oxygen atoms in total. The van der Waals surface area contributed by atoms with Gasteiger partial charge in [-0.15, -0.1) is 0 Å². The normalized spacial score (nSPS) is 10.5. The highest BCUT2D eigenvalue weighted by Gasteiger charge is 2.08. The Morgan fingerprint density at radius 3 is 2.57 bits per heavy atom. The number of benzene rings is 2. The second-order valence-electron chi connectivity index (χ2n) is 4.84. The number of nitrogens with one attached hydrogen (secondary N) is 1. The van der Waals surface area contributed by atoms with Gasteiger partial charge in [-0.2, -0.15) is 0 Å². The molecule has 110 valence electrons. The average molecular weight is 349 g/mol. The van der Waals surface area contributed by atoms with Crippen LogP contribution in [0.3, 0.4) is 0 Å². The van der Waals surface area contributed by atoms with E-state index < -0.39 is 0 Å². The molecule has 0 aliphatic carbocycles. The van der Waals surface area contributed by atoms with Crippen molar-refractivity contribution in [2.45, 2.75) is 19.4 Å². The summed E-state index contributed by atoms with van der Waals surface area (Å²) in [4.78, 5) is 10.4. The molecule has 0 fully saturated rings. The third-order valence-corrected chi connectivity index (χ3v) is 3.60. The van der Waals surface area contributed by atoms with Crippen molar-refractivity contribution in [3.63, 3.8) is 0 Å². The molecule has 0 bridgehead atoms. The fraction of sp³-hybridized carbons (Fsp3) is 0.250. The number of non-ortho nitro benzene ring substituents is 1. The smallest absolute Gasteiger partial charge is 0.270 e. The fourth-order valence-corrected chi connectivity index (χ4v) is 2.66. The van der Waals surface area contributed by atoms with Gasteiger partial charge in [-0.05, 0) is 36.6 Å². The SMILES string of the molecule is O=[N+]([O-])c1cc(Br)cc(CNCCCc2ccccc2)c1. The molecular formula is C16H17BrN2O2. The summed E-state index contributed by atoms with van der Waals surface area (Å²) in [6, 6.07) is 15.4. The molecular weight excluding hydrogens is 332 g/mol. The van der Waals surface area contributed by atoms with Gasteiger partial charge in [-0.1, -0.05) is 46.3 Å². The predicted octanol–water partition coefficient (Wildman–Crippen LogP) is 4.08. The van der Waals surface area contributed by atoms with E-state index in [9.17, 15) is 10.1 Å². The summed E-state index contributed by atoms with van der Waals surface area (Å²) in [7, 11) is 0. The van der Waals surface area contributed by atoms with Crippen LogP contribution in [0.4, 0.5) is 5.69 Å². The van der Waals surface area contributed by atoms with Crippen LogP contribution in [0.1, 0.15) is 17.5 Å². The van der Waals surface area contributed by atoms with Crippen molar-refractivity contribution < 1.29 is 4.92 Å². The minimum absolute atomic E-state index is 0.116. The first-order chi connectivity index (χ1) is 10.1. The van der Waals surface area contributed by atoms with Gasteiger partial charge >= 0.3 is 0 Å². The molecule has 1 N–H and O–H groups in total. The molecule has 0 saturated heterocycles. The number of hydrogen-bond acceptors (Lipinski definition) is 3. The highest BCUT2D eigenvalue weighted by Crippen LogP contribution is 2.21. The Morgan fingerprint density at radius 2 is 1.86 bits per heavy atom. The lowest BCUT2D eigenvalue weighted by Crippen LogP contribution is -2.15. The van der Waals surface area contributed by atoms with Crippen LogP contribution in [-0.4, -0.2) is 11.5 Å². The van der Waals surface area contributed by atoms with E-state index in [0.29, 0.717) is 6.54 Å². The van der Waals surface area contributed by atoms with Crippen molar-refractivity contribution in [3.8, 4) is 0 Å². The number of rotatable bonds is 7. The van der Waals surface area contributed by atoms with Crippen LogP contribution in [0.2, 0.25) is 0 Å². The highest BCUT2D eigenvalue weighted by molar-refractivity contribution is 9.10. The molecule has 5 heteroatoms. The topological polar surface area (TPSA) is 55.2 Å². The number of halogens is 1. The molecule has 0 aliphatic heterocycles. The summed E-state index contributed by atoms with van der Waals surface area (Å²) in [6.45, 7) is 1.52. The van der Waals surface area contributed by atoms with E-state index in [4.69, 9.17) is 0 Å². The highest BCUT2D eigenvalue weighted by atomic mass is 79.9. The van der Waals surface area contributed by atoms with E-state index in [2.05, 4.69) is 33.4 Å². The van der Waals surface area contributed by atoms with Gasteiger partial charge < -0.3 is 5.32 Å². The number of hydrogen-bond donors (Lipinski definition) is 1. The van der Waals surface area contributed by atoms with Crippen LogP contribution in [0.15, 0.2) is 53.0 Å². The van der Waals surface area contributed by atoms with Gasteiger partial charge in [0.2, 0.25) is 0 Å². The van der Waals surface area contributed by atoms with Crippen molar-refractivity contribution in [3.05, 3.63) is 74.2 Å². The van der Waals surface area contributed by atoms with Crippen LogP contribution in [0.5, 0.6) is 0 Å². The standard InChI is InChI=1S/C16H17BrN2O2/c17-15-9-14(10-16(11-15)19(20)21)12-18-8-4-7-13-5-2-1-3-6-13/h1-3,5-6,9-11,18H,4,7-8,12H2. The zero-order chi connectivity index (χ0) is 15.1. The lowest BCUT2D eigenvalue weighted by molar-refractivity contribution is -0.385. The van der Waals surface area contributed by atoms with E-state index in [0.717, 1.165) is 29.4 Å². The minimum atomic E-state index is -0.371. The maximum atomic E-state index is 10.8. The molecule has 0 saturated carbocycles. The maximum absolute atomic E-state index is 10.8. The van der Waals surface area contributed by atoms with Crippen LogP contribution in [0.25, 0.3) is 0 Å². The summed E-state index contributed by atoms with van der Waals surface area (Å²) in [5, 5.41) is 14.1. The molecule has 21 heavy (non-hydrogen) atoms. The molecule has 0 heterocycles. The van der Waals surface area contributed by atoms with Gasteiger partial charge in [-0.3, -0.25) is 10.1 Å². The minimum Gasteiger partial charge on any atom is -0.313 e. The first-order valence-corrected chi connectivity index (χ1v) is 7.63. The summed E-state index contributed by atoms with van der Waals surface area (Å²) in [5.74, 6) is 0. The van der Waals surface area contributed by atoms with Gasteiger partial charge in [0, 0.05) is 23.2 Å². The van der Waals surface area contributed by atoms with Crippen LogP contribution < -0.4 is 5.32 Å². The molecule has 0 amide bonds. The maximum Gasteiger partial charge on any atom is 0.270 e. The largest absolute Gasteiger partial charge is 0.313 e. The zero-order valence-electron chi connectivity index (χ0n) is 11.6. The van der Waals surface area contributed by atoms with Crippen molar-refractivity contribution in [2.24, 2.45) is 0 Å². The summed E-state index contributed by atoms with van der Waals surface area (Å²) < 4.78 is 0.734. The van der Waals surface area contributed by atoms with E-state index in [-0.39, 0.29) is 10.6 Å². The van der Waals surface area contributed by atoms with Gasteiger partial charge in [0.25, 0.3) is 5.69 Å². The molecule has 0 aliphatic rings. The summed E-state index contributed by atoms with van der Waals surface area (Å²) in [5.41, 5.74) is 2.36. The molecule has 2 rings (SSSR count).